The molecule has 1 aliphatic rings. The van der Waals surface area contributed by atoms with Crippen molar-refractivity contribution in [2.75, 3.05) is 5.32 Å². The van der Waals surface area contributed by atoms with Crippen LogP contribution in [0.15, 0.2) is 22.7 Å². The summed E-state index contributed by atoms with van der Waals surface area (Å²) in [6, 6.07) is 8.55. The molecule has 1 saturated carbocycles. The number of hydrogen-bond donors (Lipinski definition) is 1. The fourth-order valence-corrected chi connectivity index (χ4v) is 2.71. The van der Waals surface area contributed by atoms with Crippen molar-refractivity contribution in [1.29, 1.82) is 5.26 Å². The molecule has 0 aromatic heterocycles. The van der Waals surface area contributed by atoms with Gasteiger partial charge >= 0.3 is 0 Å². The van der Waals surface area contributed by atoms with E-state index in [1.54, 1.807) is 0 Å². The molecule has 0 saturated heterocycles. The van der Waals surface area contributed by atoms with Crippen LogP contribution >= 0.6 is 15.9 Å². The number of nitriles is 1. The van der Waals surface area contributed by atoms with E-state index in [2.05, 4.69) is 27.3 Å². The quantitative estimate of drug-likeness (QED) is 0.885. The minimum absolute atomic E-state index is 0.578. The van der Waals surface area contributed by atoms with E-state index in [1.807, 2.05) is 18.2 Å². The van der Waals surface area contributed by atoms with Crippen molar-refractivity contribution in [1.82, 2.24) is 0 Å². The van der Waals surface area contributed by atoms with E-state index in [0.717, 1.165) is 10.2 Å². The number of halogens is 1. The van der Waals surface area contributed by atoms with Crippen LogP contribution in [-0.4, -0.2) is 6.04 Å². The zero-order valence-electron chi connectivity index (χ0n) is 9.17. The third kappa shape index (κ3) is 2.99. The summed E-state index contributed by atoms with van der Waals surface area (Å²) >= 11 is 3.43. The van der Waals surface area contributed by atoms with Crippen LogP contribution in [0.3, 0.4) is 0 Å². The number of anilines is 1. The number of nitrogens with one attached hydrogen (secondary N) is 1. The number of rotatable bonds is 2. The normalized spacial score (nSPS) is 16.8. The second-order valence-corrected chi connectivity index (χ2v) is 5.24. The van der Waals surface area contributed by atoms with E-state index in [1.165, 1.54) is 32.1 Å². The van der Waals surface area contributed by atoms with Crippen molar-refractivity contribution in [3.63, 3.8) is 0 Å². The Balaban J connectivity index is 2.08. The van der Waals surface area contributed by atoms with E-state index in [-0.39, 0.29) is 0 Å². The molecule has 2 nitrogen and oxygen atoms in total. The monoisotopic (exact) mass is 278 g/mol. The lowest BCUT2D eigenvalue weighted by Gasteiger charge is -2.24. The van der Waals surface area contributed by atoms with E-state index < -0.39 is 0 Å². The van der Waals surface area contributed by atoms with Gasteiger partial charge in [-0.25, -0.2) is 0 Å². The van der Waals surface area contributed by atoms with Crippen LogP contribution in [0, 0.1) is 11.3 Å². The molecule has 0 radical (unpaired) electrons. The molecular weight excluding hydrogens is 264 g/mol. The molecule has 1 aromatic rings. The first-order valence-corrected chi connectivity index (χ1v) is 6.54. The standard InChI is InChI=1S/C13H15BrN2/c14-11-6-10(9-15)7-13(8-11)16-12-4-2-1-3-5-12/h6-8,12,16H,1-5H2. The minimum atomic E-state index is 0.578. The molecule has 2 rings (SSSR count). The SMILES string of the molecule is N#Cc1cc(Br)cc(NC2CCCCC2)c1. The van der Waals surface area contributed by atoms with Crippen LogP contribution in [0.4, 0.5) is 5.69 Å². The molecule has 1 N–H and O–H groups in total. The first-order valence-electron chi connectivity index (χ1n) is 5.75. The minimum Gasteiger partial charge on any atom is -0.382 e. The number of benzene rings is 1. The molecule has 1 aliphatic carbocycles. The summed E-state index contributed by atoms with van der Waals surface area (Å²) in [6.45, 7) is 0. The van der Waals surface area contributed by atoms with Crippen molar-refractivity contribution in [3.8, 4) is 6.07 Å². The maximum absolute atomic E-state index is 8.89. The highest BCUT2D eigenvalue weighted by atomic mass is 79.9. The largest absolute Gasteiger partial charge is 0.382 e. The van der Waals surface area contributed by atoms with Crippen molar-refractivity contribution >= 4 is 21.6 Å². The lowest BCUT2D eigenvalue weighted by Crippen LogP contribution is -2.22. The highest BCUT2D eigenvalue weighted by Gasteiger charge is 2.13. The van der Waals surface area contributed by atoms with Gasteiger partial charge < -0.3 is 5.32 Å². The van der Waals surface area contributed by atoms with Crippen LogP contribution < -0.4 is 5.32 Å². The van der Waals surface area contributed by atoms with Crippen molar-refractivity contribution in [2.24, 2.45) is 0 Å². The molecule has 16 heavy (non-hydrogen) atoms. The summed E-state index contributed by atoms with van der Waals surface area (Å²) < 4.78 is 0.963. The molecule has 0 bridgehead atoms. The summed E-state index contributed by atoms with van der Waals surface area (Å²) in [6.07, 6.45) is 6.48. The first-order chi connectivity index (χ1) is 7.78. The second-order valence-electron chi connectivity index (χ2n) is 4.32. The predicted molar refractivity (Wildman–Crippen MR) is 69.4 cm³/mol. The summed E-state index contributed by atoms with van der Waals surface area (Å²) in [5.41, 5.74) is 1.76. The summed E-state index contributed by atoms with van der Waals surface area (Å²) in [7, 11) is 0. The fraction of sp³-hybridized carbons (Fsp3) is 0.462. The van der Waals surface area contributed by atoms with Gasteiger partial charge in [-0.2, -0.15) is 5.26 Å². The maximum atomic E-state index is 8.89. The van der Waals surface area contributed by atoms with E-state index in [0.29, 0.717) is 11.6 Å². The zero-order chi connectivity index (χ0) is 11.4. The molecule has 0 amide bonds. The zero-order valence-corrected chi connectivity index (χ0v) is 10.8. The Bertz CT molecular complexity index is 403. The maximum Gasteiger partial charge on any atom is 0.0992 e. The first kappa shape index (κ1) is 11.5. The van der Waals surface area contributed by atoms with Gasteiger partial charge in [0, 0.05) is 16.2 Å². The Labute approximate surface area is 105 Å². The van der Waals surface area contributed by atoms with Crippen molar-refractivity contribution in [3.05, 3.63) is 28.2 Å². The van der Waals surface area contributed by atoms with Crippen LogP contribution in [0.1, 0.15) is 37.7 Å². The molecule has 1 aromatic carbocycles. The van der Waals surface area contributed by atoms with E-state index in [9.17, 15) is 0 Å². The van der Waals surface area contributed by atoms with E-state index >= 15 is 0 Å². The topological polar surface area (TPSA) is 35.8 Å². The van der Waals surface area contributed by atoms with Gasteiger partial charge in [0.25, 0.3) is 0 Å². The van der Waals surface area contributed by atoms with Crippen molar-refractivity contribution in [2.45, 2.75) is 38.1 Å². The smallest absolute Gasteiger partial charge is 0.0992 e. The second kappa shape index (κ2) is 5.36. The average Bonchev–Trinajstić information content (AvgIpc) is 2.29. The molecule has 0 spiro atoms. The molecule has 1 fully saturated rings. The van der Waals surface area contributed by atoms with Crippen LogP contribution in [0.5, 0.6) is 0 Å². The predicted octanol–water partition coefficient (Wildman–Crippen LogP) is 4.07. The van der Waals surface area contributed by atoms with Gasteiger partial charge in [0.2, 0.25) is 0 Å². The van der Waals surface area contributed by atoms with Gasteiger partial charge in [0.1, 0.15) is 0 Å². The fourth-order valence-electron chi connectivity index (χ4n) is 2.22. The Morgan fingerprint density at radius 1 is 1.19 bits per heavy atom. The lowest BCUT2D eigenvalue weighted by atomic mass is 9.95. The summed E-state index contributed by atoms with van der Waals surface area (Å²) in [4.78, 5) is 0. The summed E-state index contributed by atoms with van der Waals surface area (Å²) in [5.74, 6) is 0. The Kier molecular flexibility index (Phi) is 3.84. The average molecular weight is 279 g/mol. The molecule has 0 atom stereocenters. The Morgan fingerprint density at radius 3 is 2.62 bits per heavy atom. The van der Waals surface area contributed by atoms with Crippen LogP contribution in [0.25, 0.3) is 0 Å². The number of nitrogens with zero attached hydrogens (tertiary/aromatic N) is 1. The van der Waals surface area contributed by atoms with Gasteiger partial charge in [-0.05, 0) is 31.0 Å². The molecule has 84 valence electrons. The van der Waals surface area contributed by atoms with Gasteiger partial charge in [-0.3, -0.25) is 0 Å². The molecule has 0 heterocycles. The third-order valence-corrected chi connectivity index (χ3v) is 3.46. The van der Waals surface area contributed by atoms with Gasteiger partial charge in [-0.15, -0.1) is 0 Å². The van der Waals surface area contributed by atoms with E-state index in [4.69, 9.17) is 5.26 Å². The highest BCUT2D eigenvalue weighted by molar-refractivity contribution is 9.10. The van der Waals surface area contributed by atoms with Crippen LogP contribution in [-0.2, 0) is 0 Å². The molecule has 0 unspecified atom stereocenters. The molecule has 0 aliphatic heterocycles. The third-order valence-electron chi connectivity index (χ3n) is 3.00. The molecule has 3 heteroatoms. The number of hydrogen-bond acceptors (Lipinski definition) is 2. The van der Waals surface area contributed by atoms with Crippen LogP contribution in [0.2, 0.25) is 0 Å². The van der Waals surface area contributed by atoms with Gasteiger partial charge in [-0.1, -0.05) is 35.2 Å². The van der Waals surface area contributed by atoms with Gasteiger partial charge in [0.05, 0.1) is 11.6 Å². The van der Waals surface area contributed by atoms with Crippen molar-refractivity contribution < 1.29 is 0 Å². The summed E-state index contributed by atoms with van der Waals surface area (Å²) in [5, 5.41) is 12.4. The molecular formula is C13H15BrN2. The van der Waals surface area contributed by atoms with Gasteiger partial charge in [0.15, 0.2) is 0 Å². The Hall–Kier alpha value is -1.01. The lowest BCUT2D eigenvalue weighted by molar-refractivity contribution is 0.463. The highest BCUT2D eigenvalue weighted by Crippen LogP contribution is 2.24. The Morgan fingerprint density at radius 2 is 1.94 bits per heavy atom.